The molecule has 1 aromatic rings. The first-order valence-corrected chi connectivity index (χ1v) is 7.83. The van der Waals surface area contributed by atoms with Crippen molar-refractivity contribution >= 4 is 22.4 Å². The molecule has 98 valence electrons. The molecule has 0 aliphatic heterocycles. The first-order valence-electron chi connectivity index (χ1n) is 7.02. The maximum atomic E-state index is 12.0. The molecule has 1 fully saturated rings. The Labute approximate surface area is 112 Å². The normalized spacial score (nSPS) is 23.9. The van der Waals surface area contributed by atoms with Crippen LogP contribution in [0.3, 0.4) is 0 Å². The molecule has 3 rings (SSSR count). The van der Waals surface area contributed by atoms with Crippen LogP contribution in [0.5, 0.6) is 0 Å². The van der Waals surface area contributed by atoms with Gasteiger partial charge in [-0.15, -0.1) is 11.3 Å². The van der Waals surface area contributed by atoms with Crippen molar-refractivity contribution in [3.63, 3.8) is 0 Å². The standard InChI is InChI=1S/C14H20N2OS/c1-9-6-7-11-12(8-9)18-14(15-11)16-13(17)10-4-2-3-5-10/h9-10H,2-8H2,1H3,(H,15,16,17)/t9-/m1/s1. The number of hydrogen-bond acceptors (Lipinski definition) is 3. The van der Waals surface area contributed by atoms with Crippen molar-refractivity contribution in [3.05, 3.63) is 10.6 Å². The molecule has 0 saturated heterocycles. The number of aryl methyl sites for hydroxylation is 1. The van der Waals surface area contributed by atoms with E-state index in [1.54, 1.807) is 11.3 Å². The van der Waals surface area contributed by atoms with Gasteiger partial charge in [-0.3, -0.25) is 4.79 Å². The summed E-state index contributed by atoms with van der Waals surface area (Å²) in [4.78, 5) is 18.0. The van der Waals surface area contributed by atoms with Crippen LogP contribution in [0, 0.1) is 11.8 Å². The molecular weight excluding hydrogens is 244 g/mol. The van der Waals surface area contributed by atoms with Gasteiger partial charge in [-0.05, 0) is 38.0 Å². The van der Waals surface area contributed by atoms with E-state index < -0.39 is 0 Å². The third-order valence-electron chi connectivity index (χ3n) is 4.14. The van der Waals surface area contributed by atoms with Gasteiger partial charge in [0.25, 0.3) is 0 Å². The lowest BCUT2D eigenvalue weighted by atomic mass is 9.93. The van der Waals surface area contributed by atoms with E-state index in [0.29, 0.717) is 0 Å². The second kappa shape index (κ2) is 5.00. The highest BCUT2D eigenvalue weighted by Crippen LogP contribution is 2.33. The highest BCUT2D eigenvalue weighted by atomic mass is 32.1. The Morgan fingerprint density at radius 2 is 2.11 bits per heavy atom. The Kier molecular flexibility index (Phi) is 3.37. The zero-order valence-electron chi connectivity index (χ0n) is 10.9. The van der Waals surface area contributed by atoms with Gasteiger partial charge < -0.3 is 5.32 Å². The van der Waals surface area contributed by atoms with Gasteiger partial charge in [0.2, 0.25) is 5.91 Å². The fourth-order valence-corrected chi connectivity index (χ4v) is 4.16. The summed E-state index contributed by atoms with van der Waals surface area (Å²) in [7, 11) is 0. The number of hydrogen-bond donors (Lipinski definition) is 1. The van der Waals surface area contributed by atoms with E-state index in [4.69, 9.17) is 0 Å². The van der Waals surface area contributed by atoms with Crippen LogP contribution in [0.4, 0.5) is 5.13 Å². The number of carbonyl (C=O) groups excluding carboxylic acids is 1. The lowest BCUT2D eigenvalue weighted by Crippen LogP contribution is -2.20. The van der Waals surface area contributed by atoms with Crippen molar-refractivity contribution < 1.29 is 4.79 Å². The summed E-state index contributed by atoms with van der Waals surface area (Å²) >= 11 is 1.68. The molecule has 1 saturated carbocycles. The molecule has 18 heavy (non-hydrogen) atoms. The van der Waals surface area contributed by atoms with Crippen LogP contribution in [0.25, 0.3) is 0 Å². The Morgan fingerprint density at radius 1 is 1.33 bits per heavy atom. The van der Waals surface area contributed by atoms with E-state index in [0.717, 1.165) is 36.7 Å². The first-order chi connectivity index (χ1) is 8.72. The van der Waals surface area contributed by atoms with Gasteiger partial charge in [0.1, 0.15) is 0 Å². The van der Waals surface area contributed by atoms with E-state index in [-0.39, 0.29) is 11.8 Å². The van der Waals surface area contributed by atoms with Gasteiger partial charge in [-0.1, -0.05) is 19.8 Å². The molecule has 1 heterocycles. The van der Waals surface area contributed by atoms with E-state index >= 15 is 0 Å². The molecular formula is C14H20N2OS. The lowest BCUT2D eigenvalue weighted by Gasteiger charge is -2.15. The van der Waals surface area contributed by atoms with Crippen LogP contribution in [-0.4, -0.2) is 10.9 Å². The van der Waals surface area contributed by atoms with Crippen molar-refractivity contribution in [2.45, 2.75) is 51.9 Å². The van der Waals surface area contributed by atoms with Crippen molar-refractivity contribution in [2.24, 2.45) is 11.8 Å². The number of aromatic nitrogens is 1. The van der Waals surface area contributed by atoms with E-state index in [2.05, 4.69) is 17.2 Å². The quantitative estimate of drug-likeness (QED) is 0.889. The van der Waals surface area contributed by atoms with Crippen molar-refractivity contribution in [2.75, 3.05) is 5.32 Å². The van der Waals surface area contributed by atoms with Crippen LogP contribution in [-0.2, 0) is 17.6 Å². The average Bonchev–Trinajstić information content (AvgIpc) is 2.95. The summed E-state index contributed by atoms with van der Waals surface area (Å²) < 4.78 is 0. The van der Waals surface area contributed by atoms with Crippen molar-refractivity contribution in [3.8, 4) is 0 Å². The molecule has 4 heteroatoms. The van der Waals surface area contributed by atoms with Gasteiger partial charge in [0.05, 0.1) is 5.69 Å². The minimum Gasteiger partial charge on any atom is -0.302 e. The molecule has 0 radical (unpaired) electrons. The van der Waals surface area contributed by atoms with Crippen molar-refractivity contribution in [1.82, 2.24) is 4.98 Å². The zero-order valence-corrected chi connectivity index (χ0v) is 11.7. The maximum absolute atomic E-state index is 12.0. The number of carbonyl (C=O) groups is 1. The maximum Gasteiger partial charge on any atom is 0.229 e. The van der Waals surface area contributed by atoms with Gasteiger partial charge in [-0.2, -0.15) is 0 Å². The topological polar surface area (TPSA) is 42.0 Å². The molecule has 2 aliphatic rings. The van der Waals surface area contributed by atoms with E-state index in [1.807, 2.05) is 0 Å². The molecule has 2 aliphatic carbocycles. The number of nitrogens with one attached hydrogen (secondary N) is 1. The fraction of sp³-hybridized carbons (Fsp3) is 0.714. The second-order valence-electron chi connectivity index (χ2n) is 5.71. The Balaban J connectivity index is 1.68. The highest BCUT2D eigenvalue weighted by Gasteiger charge is 2.25. The molecule has 0 unspecified atom stereocenters. The van der Waals surface area contributed by atoms with Crippen LogP contribution in [0.1, 0.15) is 49.6 Å². The number of rotatable bonds is 2. The summed E-state index contributed by atoms with van der Waals surface area (Å²) in [5, 5.41) is 3.85. The van der Waals surface area contributed by atoms with Crippen LogP contribution < -0.4 is 5.32 Å². The summed E-state index contributed by atoms with van der Waals surface area (Å²) in [6, 6.07) is 0. The third kappa shape index (κ3) is 2.44. The minimum atomic E-state index is 0.187. The molecule has 1 atom stereocenters. The predicted octanol–water partition coefficient (Wildman–Crippen LogP) is 3.40. The highest BCUT2D eigenvalue weighted by molar-refractivity contribution is 7.15. The largest absolute Gasteiger partial charge is 0.302 e. The number of nitrogens with zero attached hydrogens (tertiary/aromatic N) is 1. The third-order valence-corrected chi connectivity index (χ3v) is 5.18. The van der Waals surface area contributed by atoms with Crippen molar-refractivity contribution in [1.29, 1.82) is 0 Å². The number of thiazole rings is 1. The van der Waals surface area contributed by atoms with Gasteiger partial charge in [0, 0.05) is 10.8 Å². The van der Waals surface area contributed by atoms with Gasteiger partial charge in [0.15, 0.2) is 5.13 Å². The average molecular weight is 264 g/mol. The Hall–Kier alpha value is -0.900. The van der Waals surface area contributed by atoms with E-state index in [9.17, 15) is 4.79 Å². The Bertz CT molecular complexity index is 449. The van der Waals surface area contributed by atoms with E-state index in [1.165, 1.54) is 29.8 Å². The van der Waals surface area contributed by atoms with Crippen LogP contribution in [0.2, 0.25) is 0 Å². The molecule has 0 bridgehead atoms. The summed E-state index contributed by atoms with van der Waals surface area (Å²) in [6.45, 7) is 2.29. The second-order valence-corrected chi connectivity index (χ2v) is 6.79. The zero-order chi connectivity index (χ0) is 12.5. The van der Waals surface area contributed by atoms with Crippen LogP contribution in [0.15, 0.2) is 0 Å². The molecule has 0 spiro atoms. The number of amides is 1. The van der Waals surface area contributed by atoms with Crippen LogP contribution >= 0.6 is 11.3 Å². The summed E-state index contributed by atoms with van der Waals surface area (Å²) in [6.07, 6.45) is 7.93. The SMILES string of the molecule is C[C@@H]1CCc2nc(NC(=O)C3CCCC3)sc2C1. The molecule has 3 nitrogen and oxygen atoms in total. The Morgan fingerprint density at radius 3 is 2.89 bits per heavy atom. The summed E-state index contributed by atoms with van der Waals surface area (Å²) in [5.74, 6) is 1.17. The fourth-order valence-electron chi connectivity index (χ4n) is 2.99. The molecule has 1 N–H and O–H groups in total. The number of anilines is 1. The smallest absolute Gasteiger partial charge is 0.229 e. The van der Waals surface area contributed by atoms with Gasteiger partial charge >= 0.3 is 0 Å². The lowest BCUT2D eigenvalue weighted by molar-refractivity contribution is -0.119. The first kappa shape index (κ1) is 12.2. The molecule has 1 aromatic heterocycles. The van der Waals surface area contributed by atoms with Gasteiger partial charge in [-0.25, -0.2) is 4.98 Å². The minimum absolute atomic E-state index is 0.187. The summed E-state index contributed by atoms with van der Waals surface area (Å²) in [5.41, 5.74) is 1.22. The molecule has 0 aromatic carbocycles. The monoisotopic (exact) mass is 264 g/mol. The molecule has 1 amide bonds. The number of fused-ring (bicyclic) bond motifs is 1. The predicted molar refractivity (Wildman–Crippen MR) is 73.9 cm³/mol.